The number of amides is 3. The number of aliphatic hydroxyl groups is 1. The third-order valence-corrected chi connectivity index (χ3v) is 26.1. The number of nitrogens with zero attached hydrogens (tertiary/aromatic N) is 14. The number of pyridine rings is 2. The molecule has 6 N–H and O–H groups in total. The third kappa shape index (κ3) is 20.4. The molecule has 25 nitrogen and oxygen atoms in total. The number of rotatable bonds is 18. The van der Waals surface area contributed by atoms with Gasteiger partial charge in [-0.1, -0.05) is 54.6 Å². The number of nitriles is 3. The molecule has 6 aliphatic heterocycles. The van der Waals surface area contributed by atoms with Crippen molar-refractivity contribution in [2.45, 2.75) is 134 Å². The molecule has 6 saturated heterocycles. The average molecular weight is 1630 g/mol. The highest BCUT2D eigenvalue weighted by atomic mass is 32.2. The number of anilines is 8. The largest absolute Gasteiger partial charge is 0.395 e. The summed E-state index contributed by atoms with van der Waals surface area (Å²) in [6.45, 7) is 28.1. The molecule has 2 aromatic heterocycles. The minimum atomic E-state index is -2.91. The van der Waals surface area contributed by atoms with Crippen LogP contribution in [0.2, 0.25) is 0 Å². The van der Waals surface area contributed by atoms with Crippen LogP contribution in [0.4, 0.5) is 45.8 Å². The minimum absolute atomic E-state index is 0.00848. The molecule has 0 bridgehead atoms. The Labute approximate surface area is 697 Å². The summed E-state index contributed by atoms with van der Waals surface area (Å²) in [5.41, 5.74) is 16.5. The van der Waals surface area contributed by atoms with Gasteiger partial charge >= 0.3 is 0 Å². The Kier molecular flexibility index (Phi) is 28.0. The minimum Gasteiger partial charge on any atom is -0.395 e. The van der Waals surface area contributed by atoms with Crippen molar-refractivity contribution in [3.63, 3.8) is 0 Å². The molecule has 0 aliphatic carbocycles. The Balaban J connectivity index is 0.000000163. The van der Waals surface area contributed by atoms with Gasteiger partial charge in [0, 0.05) is 194 Å². The van der Waals surface area contributed by atoms with Crippen LogP contribution in [0.15, 0.2) is 156 Å². The van der Waals surface area contributed by atoms with Crippen molar-refractivity contribution in [2.75, 3.05) is 171 Å². The first kappa shape index (κ1) is 86.1. The van der Waals surface area contributed by atoms with Gasteiger partial charge in [-0.2, -0.15) is 15.8 Å². The molecule has 0 radical (unpaired) electrons. The lowest BCUT2D eigenvalue weighted by molar-refractivity contribution is 0.0193. The second-order valence-electron chi connectivity index (χ2n) is 32.4. The lowest BCUT2D eigenvalue weighted by Gasteiger charge is -2.43. The number of aryl methyl sites for hydroxylation is 6. The van der Waals surface area contributed by atoms with Crippen LogP contribution >= 0.6 is 0 Å². The molecule has 3 atom stereocenters. The quantitative estimate of drug-likeness (QED) is 0.0465. The number of hydrogen-bond donors (Lipinski definition) is 6. The molecule has 0 saturated carbocycles. The van der Waals surface area contributed by atoms with E-state index in [0.29, 0.717) is 121 Å². The molecule has 6 aromatic carbocycles. The van der Waals surface area contributed by atoms with E-state index in [0.717, 1.165) is 163 Å². The SMILES string of the molecule is Cc1cc(C)c(C(=O)N2CCN(C(C)C)[C@H](CO)C2)cc1NC1CCN(c2ccccc2C#N)CC1.Cc1cc(C)c(C(=O)N2CCN(c3ncccc3[S@@](C)(=N)=O)CC2)cc1NC1CCN(c2ccccc2C#N)CC1.Cc1cc(C)c(C(=O)N2CCN(c3ncccc3[S@](C)(=N)=O)CC2)cc1NC1CCN(c2ccccc2C#N)CC1. The zero-order valence-electron chi connectivity index (χ0n) is 69.8. The summed E-state index contributed by atoms with van der Waals surface area (Å²) in [5.74, 6) is 1.20. The van der Waals surface area contributed by atoms with Gasteiger partial charge in [-0.05, 0) is 206 Å². The molecule has 14 rings (SSSR count). The Morgan fingerprint density at radius 3 is 1.03 bits per heavy atom. The predicted molar refractivity (Wildman–Crippen MR) is 471 cm³/mol. The van der Waals surface area contributed by atoms with E-state index >= 15 is 0 Å². The summed E-state index contributed by atoms with van der Waals surface area (Å²) in [4.78, 5) is 69.4. The molecule has 8 aromatic rings. The molecule has 27 heteroatoms. The van der Waals surface area contributed by atoms with E-state index in [1.165, 1.54) is 12.5 Å². The van der Waals surface area contributed by atoms with Crippen LogP contribution in [0.25, 0.3) is 0 Å². The van der Waals surface area contributed by atoms with Gasteiger partial charge in [-0.25, -0.2) is 27.9 Å². The Hall–Kier alpha value is -11.3. The van der Waals surface area contributed by atoms with Gasteiger partial charge < -0.3 is 60.3 Å². The number of nitrogens with one attached hydrogen (secondary N) is 5. The van der Waals surface area contributed by atoms with E-state index < -0.39 is 19.5 Å². The van der Waals surface area contributed by atoms with Gasteiger partial charge in [-0.3, -0.25) is 19.3 Å². The van der Waals surface area contributed by atoms with E-state index in [1.807, 2.05) is 136 Å². The topological polar surface area (TPSA) is 316 Å². The summed E-state index contributed by atoms with van der Waals surface area (Å²) in [5, 5.41) is 49.4. The fourth-order valence-corrected chi connectivity index (χ4v) is 18.9. The van der Waals surface area contributed by atoms with Crippen LogP contribution in [0, 0.1) is 85.1 Å². The molecule has 0 spiro atoms. The summed E-state index contributed by atoms with van der Waals surface area (Å²) in [7, 11) is -5.82. The van der Waals surface area contributed by atoms with Gasteiger partial charge in [0.05, 0.1) is 75.7 Å². The maximum Gasteiger partial charge on any atom is 0.254 e. The highest BCUT2D eigenvalue weighted by Crippen LogP contribution is 2.35. The van der Waals surface area contributed by atoms with Crippen LogP contribution < -0.4 is 40.4 Å². The summed E-state index contributed by atoms with van der Waals surface area (Å²) in [6, 6.07) is 50.5. The molecular formula is C91H113N19O6S2. The molecule has 6 aliphatic rings. The van der Waals surface area contributed by atoms with Crippen LogP contribution in [-0.2, 0) is 19.5 Å². The summed E-state index contributed by atoms with van der Waals surface area (Å²) >= 11 is 0. The number of piperidine rings is 3. The number of carbonyl (C=O) groups is 3. The lowest BCUT2D eigenvalue weighted by atomic mass is 9.99. The van der Waals surface area contributed by atoms with E-state index in [2.05, 4.69) is 117 Å². The van der Waals surface area contributed by atoms with Crippen molar-refractivity contribution < 1.29 is 27.9 Å². The zero-order chi connectivity index (χ0) is 84.1. The van der Waals surface area contributed by atoms with Crippen LogP contribution in [0.5, 0.6) is 0 Å². The second kappa shape index (κ2) is 38.4. The highest BCUT2D eigenvalue weighted by Gasteiger charge is 2.35. The van der Waals surface area contributed by atoms with Crippen molar-refractivity contribution >= 4 is 82.9 Å². The first-order chi connectivity index (χ1) is 56.6. The number of piperazine rings is 3. The first-order valence-electron chi connectivity index (χ1n) is 41.1. The Morgan fingerprint density at radius 1 is 0.432 bits per heavy atom. The number of hydrogen-bond acceptors (Lipinski definition) is 22. The second-order valence-corrected chi connectivity index (χ2v) is 36.6. The standard InChI is InChI=1S/2C31H37N7O2S.C29H39N5O2/c2*1-22-19-23(2)27(35-25-10-13-36(14-11-25)28-8-5-4-7-24(28)21-32)20-26(22)31(39)38-17-15-37(16-18-38)30-29(41(3,33)40)9-6-12-34-30;1-20(2)34-14-13-33(18-25(34)19-35)29(36)26-16-27(22(4)15-21(26)3)31-24-9-11-32(12-10-24)28-8-6-5-7-23(28)17-30/h2*4-9,12,19-20,25,33,35H,10-11,13-18H2,1-3H3;5-8,15-16,20,24-25,31,35H,9-14,18-19H2,1-4H3/t2*41-;25-/m100/s1. The molecule has 0 unspecified atom stereocenters. The zero-order valence-corrected chi connectivity index (χ0v) is 71.4. The van der Waals surface area contributed by atoms with E-state index in [4.69, 9.17) is 9.56 Å². The summed E-state index contributed by atoms with van der Waals surface area (Å²) < 4.78 is 41.0. The summed E-state index contributed by atoms with van der Waals surface area (Å²) in [6.07, 6.45) is 11.8. The van der Waals surface area contributed by atoms with E-state index in [9.17, 15) is 43.7 Å². The third-order valence-electron chi connectivity index (χ3n) is 23.8. The van der Waals surface area contributed by atoms with Crippen LogP contribution in [-0.4, -0.2) is 221 Å². The van der Waals surface area contributed by atoms with Crippen molar-refractivity contribution in [3.8, 4) is 18.2 Å². The molecule has 3 amide bonds. The molecule has 118 heavy (non-hydrogen) atoms. The lowest BCUT2D eigenvalue weighted by Crippen LogP contribution is -2.58. The maximum atomic E-state index is 13.7. The number of carbonyl (C=O) groups excluding carboxylic acids is 3. The van der Waals surface area contributed by atoms with Gasteiger partial charge in [-0.15, -0.1) is 0 Å². The number of aromatic nitrogens is 2. The van der Waals surface area contributed by atoms with Gasteiger partial charge in [0.2, 0.25) is 0 Å². The molecular weight excluding hydrogens is 1520 g/mol. The molecule has 6 fully saturated rings. The van der Waals surface area contributed by atoms with Crippen LogP contribution in [0.1, 0.15) is 134 Å². The van der Waals surface area contributed by atoms with Gasteiger partial charge in [0.15, 0.2) is 0 Å². The number of aliphatic hydroxyl groups excluding tert-OH is 1. The van der Waals surface area contributed by atoms with Gasteiger partial charge in [0.25, 0.3) is 17.7 Å². The Bertz CT molecular complexity index is 5070. The van der Waals surface area contributed by atoms with Crippen molar-refractivity contribution in [1.29, 1.82) is 25.3 Å². The first-order valence-corrected chi connectivity index (χ1v) is 45.0. The van der Waals surface area contributed by atoms with Gasteiger partial charge in [0.1, 0.15) is 29.8 Å². The molecule has 620 valence electrons. The fourth-order valence-electron chi connectivity index (χ4n) is 17.2. The highest BCUT2D eigenvalue weighted by molar-refractivity contribution is 7.92. The molecule has 8 heterocycles. The fraction of sp³-hybridized carbons (Fsp3) is 0.429. The van der Waals surface area contributed by atoms with Crippen molar-refractivity contribution in [1.82, 2.24) is 29.6 Å². The Morgan fingerprint density at radius 2 is 0.737 bits per heavy atom. The predicted octanol–water partition coefficient (Wildman–Crippen LogP) is 13.1. The smallest absolute Gasteiger partial charge is 0.254 e. The monoisotopic (exact) mass is 1630 g/mol. The van der Waals surface area contributed by atoms with E-state index in [-0.39, 0.29) is 42.5 Å². The normalized spacial score (nSPS) is 18.1. The number of benzene rings is 6. The van der Waals surface area contributed by atoms with Crippen LogP contribution in [0.3, 0.4) is 0 Å². The van der Waals surface area contributed by atoms with Crippen molar-refractivity contribution in [2.24, 2.45) is 0 Å². The maximum absolute atomic E-state index is 13.7. The van der Waals surface area contributed by atoms with Crippen molar-refractivity contribution in [3.05, 3.63) is 213 Å². The number of para-hydroxylation sites is 3. The average Bonchev–Trinajstić information content (AvgIpc) is 0.798. The van der Waals surface area contributed by atoms with E-state index in [1.54, 1.807) is 36.7 Å².